The summed E-state index contributed by atoms with van der Waals surface area (Å²) in [4.78, 5) is 11.9. The Morgan fingerprint density at radius 2 is 1.69 bits per heavy atom. The van der Waals surface area contributed by atoms with Crippen molar-refractivity contribution in [2.75, 3.05) is 0 Å². The molecule has 2 rings (SSSR count). The second kappa shape index (κ2) is 3.56. The van der Waals surface area contributed by atoms with Gasteiger partial charge in [-0.05, 0) is 43.9 Å². The monoisotopic (exact) mass is 224 g/mol. The highest BCUT2D eigenvalue weighted by Gasteiger charge is 2.61. The normalized spacial score (nSPS) is 53.6. The molecule has 16 heavy (non-hydrogen) atoms. The fraction of sp³-hybridized carbons (Fsp3) is 0.929. The Labute approximate surface area is 98.4 Å². The van der Waals surface area contributed by atoms with E-state index in [4.69, 9.17) is 0 Å². The molecule has 1 unspecified atom stereocenters. The molecule has 2 aliphatic rings. The zero-order valence-corrected chi connectivity index (χ0v) is 10.9. The van der Waals surface area contributed by atoms with Crippen LogP contribution in [0.15, 0.2) is 0 Å². The Morgan fingerprint density at radius 1 is 1.19 bits per heavy atom. The van der Waals surface area contributed by atoms with Crippen LogP contribution in [0, 0.1) is 23.2 Å². The molecular formula is C14H24O2. The van der Waals surface area contributed by atoms with Gasteiger partial charge in [-0.3, -0.25) is 4.79 Å². The summed E-state index contributed by atoms with van der Waals surface area (Å²) in [7, 11) is 0. The van der Waals surface area contributed by atoms with Crippen molar-refractivity contribution in [3.8, 4) is 0 Å². The number of hydrogen-bond donors (Lipinski definition) is 1. The molecule has 0 heterocycles. The quantitative estimate of drug-likeness (QED) is 0.687. The standard InChI is InChI=1S/C14H24O2/c1-9-5-10(2)8-14(7-9)11(3)6-12(15)13(14,4)16/h9-11,16H,5-8H2,1-4H3/t9-,10+,11-,13-,14?/m0/s1. The summed E-state index contributed by atoms with van der Waals surface area (Å²) < 4.78 is 0. The van der Waals surface area contributed by atoms with E-state index in [2.05, 4.69) is 20.8 Å². The van der Waals surface area contributed by atoms with Crippen LogP contribution in [0.25, 0.3) is 0 Å². The Hall–Kier alpha value is -0.370. The predicted octanol–water partition coefficient (Wildman–Crippen LogP) is 2.79. The summed E-state index contributed by atoms with van der Waals surface area (Å²) in [6.07, 6.45) is 3.82. The maximum atomic E-state index is 11.9. The van der Waals surface area contributed by atoms with Crippen LogP contribution in [0.5, 0.6) is 0 Å². The molecule has 0 saturated heterocycles. The van der Waals surface area contributed by atoms with Crippen LogP contribution < -0.4 is 0 Å². The van der Waals surface area contributed by atoms with Crippen LogP contribution >= 0.6 is 0 Å². The van der Waals surface area contributed by atoms with E-state index in [0.717, 1.165) is 12.8 Å². The highest BCUT2D eigenvalue weighted by molar-refractivity contribution is 5.90. The van der Waals surface area contributed by atoms with E-state index in [9.17, 15) is 9.90 Å². The lowest BCUT2D eigenvalue weighted by Gasteiger charge is -2.49. The van der Waals surface area contributed by atoms with Crippen LogP contribution in [-0.2, 0) is 4.79 Å². The Bertz CT molecular complexity index is 296. The van der Waals surface area contributed by atoms with E-state index in [0.29, 0.717) is 24.2 Å². The molecule has 0 aromatic heterocycles. The van der Waals surface area contributed by atoms with Gasteiger partial charge < -0.3 is 5.11 Å². The minimum absolute atomic E-state index is 0.0568. The summed E-state index contributed by atoms with van der Waals surface area (Å²) in [5, 5.41) is 10.6. The lowest BCUT2D eigenvalue weighted by atomic mass is 9.57. The van der Waals surface area contributed by atoms with Gasteiger partial charge in [-0.1, -0.05) is 20.8 Å². The second-order valence-corrected chi connectivity index (χ2v) is 6.61. The summed E-state index contributed by atoms with van der Waals surface area (Å²) >= 11 is 0. The molecule has 2 aliphatic carbocycles. The van der Waals surface area contributed by atoms with Gasteiger partial charge in [0.1, 0.15) is 5.60 Å². The van der Waals surface area contributed by atoms with Gasteiger partial charge >= 0.3 is 0 Å². The average molecular weight is 224 g/mol. The number of aliphatic hydroxyl groups is 1. The first-order chi connectivity index (χ1) is 7.29. The molecule has 1 spiro atoms. The largest absolute Gasteiger partial charge is 0.382 e. The second-order valence-electron chi connectivity index (χ2n) is 6.61. The Morgan fingerprint density at radius 3 is 2.06 bits per heavy atom. The molecule has 0 radical (unpaired) electrons. The van der Waals surface area contributed by atoms with Crippen LogP contribution in [-0.4, -0.2) is 16.5 Å². The molecular weight excluding hydrogens is 200 g/mol. The maximum Gasteiger partial charge on any atom is 0.164 e. The molecule has 2 nitrogen and oxygen atoms in total. The molecule has 0 bridgehead atoms. The van der Waals surface area contributed by atoms with E-state index < -0.39 is 5.60 Å². The Balaban J connectivity index is 2.38. The molecule has 1 N–H and O–H groups in total. The smallest absolute Gasteiger partial charge is 0.164 e. The third-order valence-corrected chi connectivity index (χ3v) is 5.18. The molecule has 2 fully saturated rings. The third kappa shape index (κ3) is 1.46. The number of rotatable bonds is 0. The van der Waals surface area contributed by atoms with Crippen LogP contribution in [0.1, 0.15) is 53.4 Å². The van der Waals surface area contributed by atoms with E-state index >= 15 is 0 Å². The first kappa shape index (κ1) is 12.1. The average Bonchev–Trinajstić information content (AvgIpc) is 2.27. The van der Waals surface area contributed by atoms with Crippen molar-refractivity contribution in [1.29, 1.82) is 0 Å². The minimum Gasteiger partial charge on any atom is -0.382 e. The van der Waals surface area contributed by atoms with Gasteiger partial charge in [0.15, 0.2) is 5.78 Å². The van der Waals surface area contributed by atoms with Crippen molar-refractivity contribution in [2.24, 2.45) is 23.2 Å². The number of hydrogen-bond acceptors (Lipinski definition) is 2. The van der Waals surface area contributed by atoms with Crippen molar-refractivity contribution < 1.29 is 9.90 Å². The van der Waals surface area contributed by atoms with E-state index in [1.807, 2.05) is 0 Å². The fourth-order valence-electron chi connectivity index (χ4n) is 4.41. The predicted molar refractivity (Wildman–Crippen MR) is 64.0 cm³/mol. The van der Waals surface area contributed by atoms with Gasteiger partial charge in [0.2, 0.25) is 0 Å². The molecule has 92 valence electrons. The van der Waals surface area contributed by atoms with Gasteiger partial charge in [-0.15, -0.1) is 0 Å². The van der Waals surface area contributed by atoms with Crippen LogP contribution in [0.2, 0.25) is 0 Å². The minimum atomic E-state index is -1.09. The molecule has 0 amide bonds. The highest BCUT2D eigenvalue weighted by Crippen LogP contribution is 2.58. The SMILES string of the molecule is C[C@@H]1C[C@H](C)CC2(C1)[C@@H](C)CC(=O)[C@]2(C)O. The van der Waals surface area contributed by atoms with E-state index in [1.54, 1.807) is 6.92 Å². The van der Waals surface area contributed by atoms with Crippen molar-refractivity contribution >= 4 is 5.78 Å². The number of carbonyl (C=O) groups excluding carboxylic acids is 1. The van der Waals surface area contributed by atoms with E-state index in [1.165, 1.54) is 6.42 Å². The van der Waals surface area contributed by atoms with Crippen molar-refractivity contribution in [1.82, 2.24) is 0 Å². The fourth-order valence-corrected chi connectivity index (χ4v) is 4.41. The summed E-state index contributed by atoms with van der Waals surface area (Å²) in [6.45, 7) is 8.40. The lowest BCUT2D eigenvalue weighted by molar-refractivity contribution is -0.148. The first-order valence-corrected chi connectivity index (χ1v) is 6.55. The summed E-state index contributed by atoms with van der Waals surface area (Å²) in [5.41, 5.74) is -1.24. The van der Waals surface area contributed by atoms with Gasteiger partial charge in [0, 0.05) is 11.8 Å². The molecule has 2 saturated carbocycles. The zero-order valence-electron chi connectivity index (χ0n) is 10.9. The topological polar surface area (TPSA) is 37.3 Å². The highest BCUT2D eigenvalue weighted by atomic mass is 16.3. The zero-order chi connectivity index (χ0) is 12.1. The van der Waals surface area contributed by atoms with Gasteiger partial charge in [0.25, 0.3) is 0 Å². The van der Waals surface area contributed by atoms with Crippen molar-refractivity contribution in [3.63, 3.8) is 0 Å². The molecule has 5 atom stereocenters. The van der Waals surface area contributed by atoms with Crippen molar-refractivity contribution in [3.05, 3.63) is 0 Å². The maximum absolute atomic E-state index is 11.9. The van der Waals surface area contributed by atoms with E-state index in [-0.39, 0.29) is 11.2 Å². The summed E-state index contributed by atoms with van der Waals surface area (Å²) in [6, 6.07) is 0. The summed E-state index contributed by atoms with van der Waals surface area (Å²) in [5.74, 6) is 1.65. The van der Waals surface area contributed by atoms with Gasteiger partial charge in [0.05, 0.1) is 0 Å². The number of carbonyl (C=O) groups is 1. The Kier molecular flexibility index (Phi) is 2.69. The number of Topliss-reactive ketones (excluding diaryl/α,β-unsaturated/α-hetero) is 1. The molecule has 0 aliphatic heterocycles. The molecule has 2 heteroatoms. The van der Waals surface area contributed by atoms with Gasteiger partial charge in [-0.25, -0.2) is 0 Å². The lowest BCUT2D eigenvalue weighted by Crippen LogP contribution is -2.51. The van der Waals surface area contributed by atoms with Crippen molar-refractivity contribution in [2.45, 2.75) is 59.0 Å². The molecule has 0 aromatic rings. The third-order valence-electron chi connectivity index (χ3n) is 5.18. The first-order valence-electron chi connectivity index (χ1n) is 6.55. The molecule has 0 aromatic carbocycles. The van der Waals surface area contributed by atoms with Gasteiger partial charge in [-0.2, -0.15) is 0 Å². The van der Waals surface area contributed by atoms with Crippen LogP contribution in [0.3, 0.4) is 0 Å². The number of ketones is 1. The van der Waals surface area contributed by atoms with Crippen LogP contribution in [0.4, 0.5) is 0 Å².